The predicted molar refractivity (Wildman–Crippen MR) is 68.6 cm³/mol. The van der Waals surface area contributed by atoms with E-state index >= 15 is 0 Å². The van der Waals surface area contributed by atoms with Crippen LogP contribution in [-0.4, -0.2) is 35.5 Å². The minimum Gasteiger partial charge on any atom is -0.496 e. The molecular weight excluding hydrogens is 264 g/mol. The van der Waals surface area contributed by atoms with Gasteiger partial charge in [-0.3, -0.25) is 0 Å². The van der Waals surface area contributed by atoms with Gasteiger partial charge in [0, 0.05) is 18.2 Å². The Morgan fingerprint density at radius 2 is 1.70 bits per heavy atom. The van der Waals surface area contributed by atoms with Crippen molar-refractivity contribution in [2.24, 2.45) is 0 Å². The maximum absolute atomic E-state index is 11.1. The number of hydrogen-bond donors (Lipinski definition) is 1. The van der Waals surface area contributed by atoms with E-state index in [4.69, 9.17) is 19.3 Å². The molecule has 20 heavy (non-hydrogen) atoms. The van der Waals surface area contributed by atoms with Crippen molar-refractivity contribution in [1.29, 1.82) is 0 Å². The molecule has 0 saturated heterocycles. The van der Waals surface area contributed by atoms with Crippen LogP contribution < -0.4 is 14.2 Å². The molecule has 0 fully saturated rings. The number of carbonyl (C=O) groups is 1. The standard InChI is InChI=1S/C13H12N2O5/c1-18-8-5-9(19-2)7-10(6-8)20-12-11(13(16)17)3-4-14-15-12/h3-7H,1-2H3,(H,16,17). The molecule has 0 aliphatic heterocycles. The molecule has 0 unspecified atom stereocenters. The quantitative estimate of drug-likeness (QED) is 0.892. The Kier molecular flexibility index (Phi) is 3.99. The molecule has 2 aromatic rings. The number of nitrogens with zero attached hydrogens (tertiary/aromatic N) is 2. The molecule has 0 bridgehead atoms. The number of ether oxygens (including phenoxy) is 3. The van der Waals surface area contributed by atoms with Crippen molar-refractivity contribution in [1.82, 2.24) is 10.2 Å². The fraction of sp³-hybridized carbons (Fsp3) is 0.154. The van der Waals surface area contributed by atoms with Crippen molar-refractivity contribution in [3.63, 3.8) is 0 Å². The van der Waals surface area contributed by atoms with E-state index in [1.807, 2.05) is 0 Å². The number of carboxylic acids is 1. The molecule has 7 nitrogen and oxygen atoms in total. The van der Waals surface area contributed by atoms with Gasteiger partial charge in [0.15, 0.2) is 0 Å². The monoisotopic (exact) mass is 276 g/mol. The Hall–Kier alpha value is -2.83. The Labute approximate surface area is 114 Å². The smallest absolute Gasteiger partial charge is 0.341 e. The number of hydrogen-bond acceptors (Lipinski definition) is 6. The summed E-state index contributed by atoms with van der Waals surface area (Å²) in [6.07, 6.45) is 1.28. The maximum Gasteiger partial charge on any atom is 0.341 e. The van der Waals surface area contributed by atoms with E-state index in [-0.39, 0.29) is 11.4 Å². The average molecular weight is 276 g/mol. The van der Waals surface area contributed by atoms with Crippen molar-refractivity contribution >= 4 is 5.97 Å². The lowest BCUT2D eigenvalue weighted by Crippen LogP contribution is -2.03. The molecule has 1 aromatic carbocycles. The largest absolute Gasteiger partial charge is 0.496 e. The molecule has 0 saturated carbocycles. The molecule has 1 aromatic heterocycles. The molecule has 104 valence electrons. The fourth-order valence-corrected chi connectivity index (χ4v) is 1.51. The second-order valence-electron chi connectivity index (χ2n) is 3.71. The Balaban J connectivity index is 2.37. The number of rotatable bonds is 5. The first-order valence-corrected chi connectivity index (χ1v) is 5.60. The lowest BCUT2D eigenvalue weighted by atomic mass is 10.3. The Bertz CT molecular complexity index is 608. The third kappa shape index (κ3) is 2.94. The average Bonchev–Trinajstić information content (AvgIpc) is 2.47. The van der Waals surface area contributed by atoms with Crippen molar-refractivity contribution in [3.05, 3.63) is 36.0 Å². The van der Waals surface area contributed by atoms with Crippen molar-refractivity contribution in [3.8, 4) is 23.1 Å². The third-order valence-corrected chi connectivity index (χ3v) is 2.46. The first-order valence-electron chi connectivity index (χ1n) is 5.60. The molecule has 7 heteroatoms. The van der Waals surface area contributed by atoms with E-state index in [9.17, 15) is 4.79 Å². The first kappa shape index (κ1) is 13.6. The normalized spacial score (nSPS) is 9.90. The van der Waals surface area contributed by atoms with E-state index in [1.54, 1.807) is 18.2 Å². The van der Waals surface area contributed by atoms with E-state index in [2.05, 4.69) is 10.2 Å². The second-order valence-corrected chi connectivity index (χ2v) is 3.71. The van der Waals surface area contributed by atoms with Crippen LogP contribution in [0.15, 0.2) is 30.5 Å². The molecule has 0 amide bonds. The number of aromatic nitrogens is 2. The molecule has 0 aliphatic rings. The van der Waals surface area contributed by atoms with Crippen molar-refractivity contribution < 1.29 is 24.1 Å². The molecule has 0 atom stereocenters. The highest BCUT2D eigenvalue weighted by Gasteiger charge is 2.14. The van der Waals surface area contributed by atoms with Gasteiger partial charge in [-0.1, -0.05) is 0 Å². The van der Waals surface area contributed by atoms with Crippen LogP contribution in [0.5, 0.6) is 23.1 Å². The van der Waals surface area contributed by atoms with Gasteiger partial charge >= 0.3 is 5.97 Å². The minimum absolute atomic E-state index is 0.0817. The second kappa shape index (κ2) is 5.87. The number of benzene rings is 1. The first-order chi connectivity index (χ1) is 9.63. The highest BCUT2D eigenvalue weighted by atomic mass is 16.5. The van der Waals surface area contributed by atoms with E-state index in [0.29, 0.717) is 17.2 Å². The summed E-state index contributed by atoms with van der Waals surface area (Å²) in [6, 6.07) is 6.15. The summed E-state index contributed by atoms with van der Waals surface area (Å²) in [7, 11) is 3.01. The zero-order valence-electron chi connectivity index (χ0n) is 10.9. The van der Waals surface area contributed by atoms with Gasteiger partial charge in [0.2, 0.25) is 0 Å². The summed E-state index contributed by atoms with van der Waals surface area (Å²) in [5, 5.41) is 16.3. The van der Waals surface area contributed by atoms with Gasteiger partial charge in [-0.05, 0) is 6.07 Å². The van der Waals surface area contributed by atoms with E-state index in [0.717, 1.165) is 0 Å². The SMILES string of the molecule is COc1cc(OC)cc(Oc2nnccc2C(=O)O)c1. The molecular formula is C13H12N2O5. The summed E-state index contributed by atoms with van der Waals surface area (Å²) in [5.74, 6) is 0.115. The third-order valence-electron chi connectivity index (χ3n) is 2.46. The fourth-order valence-electron chi connectivity index (χ4n) is 1.51. The Morgan fingerprint density at radius 3 is 2.25 bits per heavy atom. The van der Waals surface area contributed by atoms with E-state index < -0.39 is 5.97 Å². The van der Waals surface area contributed by atoms with Gasteiger partial charge in [0.25, 0.3) is 5.88 Å². The van der Waals surface area contributed by atoms with Crippen LogP contribution in [0.3, 0.4) is 0 Å². The molecule has 2 rings (SSSR count). The zero-order valence-corrected chi connectivity index (χ0v) is 10.9. The van der Waals surface area contributed by atoms with Gasteiger partial charge in [0.05, 0.1) is 20.4 Å². The lowest BCUT2D eigenvalue weighted by Gasteiger charge is -2.10. The molecule has 1 heterocycles. The van der Waals surface area contributed by atoms with Gasteiger partial charge in [-0.2, -0.15) is 5.10 Å². The summed E-state index contributed by atoms with van der Waals surface area (Å²) in [6.45, 7) is 0. The van der Waals surface area contributed by atoms with Crippen LogP contribution in [0.4, 0.5) is 0 Å². The molecule has 0 aliphatic carbocycles. The van der Waals surface area contributed by atoms with Gasteiger partial charge in [-0.15, -0.1) is 5.10 Å². The highest BCUT2D eigenvalue weighted by molar-refractivity contribution is 5.90. The van der Waals surface area contributed by atoms with Crippen LogP contribution in [0, 0.1) is 0 Å². The van der Waals surface area contributed by atoms with Gasteiger partial charge in [-0.25, -0.2) is 4.79 Å². The maximum atomic E-state index is 11.1. The topological polar surface area (TPSA) is 90.8 Å². The van der Waals surface area contributed by atoms with Gasteiger partial charge in [0.1, 0.15) is 22.8 Å². The highest BCUT2D eigenvalue weighted by Crippen LogP contribution is 2.30. The van der Waals surface area contributed by atoms with Crippen LogP contribution in [0.1, 0.15) is 10.4 Å². The van der Waals surface area contributed by atoms with Crippen LogP contribution in [0.25, 0.3) is 0 Å². The van der Waals surface area contributed by atoms with Gasteiger partial charge < -0.3 is 19.3 Å². The zero-order chi connectivity index (χ0) is 14.5. The van der Waals surface area contributed by atoms with Crippen molar-refractivity contribution in [2.75, 3.05) is 14.2 Å². The molecule has 0 radical (unpaired) electrons. The summed E-state index contributed by atoms with van der Waals surface area (Å²) < 4.78 is 15.6. The number of methoxy groups -OCH3 is 2. The predicted octanol–water partition coefficient (Wildman–Crippen LogP) is 1.98. The summed E-state index contributed by atoms with van der Waals surface area (Å²) in [4.78, 5) is 11.1. The Morgan fingerprint density at radius 1 is 1.10 bits per heavy atom. The molecule has 0 spiro atoms. The number of carboxylic acid groups (broad SMARTS) is 1. The summed E-state index contributed by atoms with van der Waals surface area (Å²) >= 11 is 0. The summed E-state index contributed by atoms with van der Waals surface area (Å²) in [5.41, 5.74) is -0.0817. The van der Waals surface area contributed by atoms with Crippen LogP contribution in [0.2, 0.25) is 0 Å². The van der Waals surface area contributed by atoms with E-state index in [1.165, 1.54) is 26.5 Å². The van der Waals surface area contributed by atoms with Crippen LogP contribution >= 0.6 is 0 Å². The van der Waals surface area contributed by atoms with Crippen LogP contribution in [-0.2, 0) is 0 Å². The molecule has 1 N–H and O–H groups in total. The minimum atomic E-state index is -1.15. The van der Waals surface area contributed by atoms with Crippen molar-refractivity contribution in [2.45, 2.75) is 0 Å². The number of aromatic carboxylic acids is 1. The lowest BCUT2D eigenvalue weighted by molar-refractivity contribution is 0.0693.